The largest absolute Gasteiger partial charge is 0.347 e. The van der Waals surface area contributed by atoms with Gasteiger partial charge < -0.3 is 15.5 Å². The number of hydrogen-bond acceptors (Lipinski definition) is 5. The van der Waals surface area contributed by atoms with Gasteiger partial charge >= 0.3 is 0 Å². The zero-order valence-corrected chi connectivity index (χ0v) is 13.7. The molecule has 20 heavy (non-hydrogen) atoms. The van der Waals surface area contributed by atoms with Crippen LogP contribution in [0.3, 0.4) is 0 Å². The molecule has 0 aromatic carbocycles. The Labute approximate surface area is 126 Å². The summed E-state index contributed by atoms with van der Waals surface area (Å²) >= 11 is 1.83. The zero-order valence-electron chi connectivity index (χ0n) is 12.9. The normalized spacial score (nSPS) is 27.2. The van der Waals surface area contributed by atoms with Crippen LogP contribution in [-0.4, -0.2) is 43.1 Å². The summed E-state index contributed by atoms with van der Waals surface area (Å²) in [6, 6.07) is 0.176. The number of fused-ring (bicyclic) bond motifs is 1. The van der Waals surface area contributed by atoms with Gasteiger partial charge in [0.25, 0.3) is 0 Å². The van der Waals surface area contributed by atoms with Crippen molar-refractivity contribution < 1.29 is 0 Å². The highest BCUT2D eigenvalue weighted by molar-refractivity contribution is 7.15. The van der Waals surface area contributed by atoms with E-state index < -0.39 is 0 Å². The van der Waals surface area contributed by atoms with Crippen LogP contribution >= 0.6 is 11.3 Å². The molecule has 2 N–H and O–H groups in total. The van der Waals surface area contributed by atoms with Crippen molar-refractivity contribution in [2.75, 3.05) is 38.1 Å². The quantitative estimate of drug-likeness (QED) is 0.863. The molecule has 4 nitrogen and oxygen atoms in total. The molecule has 0 amide bonds. The van der Waals surface area contributed by atoms with Crippen LogP contribution in [0.5, 0.6) is 0 Å². The number of hydrogen-bond donors (Lipinski definition) is 1. The van der Waals surface area contributed by atoms with Crippen LogP contribution in [0, 0.1) is 5.41 Å². The fourth-order valence-corrected chi connectivity index (χ4v) is 4.49. The highest BCUT2D eigenvalue weighted by atomic mass is 32.1. The minimum absolute atomic E-state index is 0.176. The van der Waals surface area contributed by atoms with Crippen LogP contribution < -0.4 is 10.6 Å². The average molecular weight is 294 g/mol. The molecule has 1 aliphatic heterocycles. The molecule has 1 fully saturated rings. The van der Waals surface area contributed by atoms with E-state index in [1.807, 2.05) is 11.3 Å². The maximum absolute atomic E-state index is 6.36. The van der Waals surface area contributed by atoms with Crippen molar-refractivity contribution in [1.82, 2.24) is 9.88 Å². The molecule has 5 heteroatoms. The summed E-state index contributed by atoms with van der Waals surface area (Å²) in [6.45, 7) is 9.12. The second-order valence-electron chi connectivity index (χ2n) is 7.10. The predicted molar refractivity (Wildman–Crippen MR) is 85.5 cm³/mol. The maximum atomic E-state index is 6.36. The molecule has 0 radical (unpaired) electrons. The topological polar surface area (TPSA) is 45.4 Å². The van der Waals surface area contributed by atoms with Crippen molar-refractivity contribution in [2.24, 2.45) is 11.1 Å². The Balaban J connectivity index is 1.82. The van der Waals surface area contributed by atoms with Gasteiger partial charge in [-0.3, -0.25) is 0 Å². The molecule has 1 aromatic heterocycles. The highest BCUT2D eigenvalue weighted by Crippen LogP contribution is 2.43. The third-order valence-corrected chi connectivity index (χ3v) is 5.75. The average Bonchev–Trinajstić information content (AvgIpc) is 2.63. The van der Waals surface area contributed by atoms with Crippen molar-refractivity contribution >= 4 is 16.5 Å². The van der Waals surface area contributed by atoms with E-state index in [9.17, 15) is 0 Å². The van der Waals surface area contributed by atoms with E-state index in [4.69, 9.17) is 10.7 Å². The Morgan fingerprint density at radius 1 is 1.25 bits per heavy atom. The third kappa shape index (κ3) is 2.85. The zero-order chi connectivity index (χ0) is 14.3. The van der Waals surface area contributed by atoms with Gasteiger partial charge in [-0.2, -0.15) is 0 Å². The molecule has 2 heterocycles. The van der Waals surface area contributed by atoms with E-state index >= 15 is 0 Å². The lowest BCUT2D eigenvalue weighted by molar-refractivity contribution is 0.282. The number of thiazole rings is 1. The summed E-state index contributed by atoms with van der Waals surface area (Å²) in [7, 11) is 2.20. The van der Waals surface area contributed by atoms with E-state index in [2.05, 4.69) is 30.7 Å². The molecule has 1 aliphatic carbocycles. The Hall–Kier alpha value is -0.650. The summed E-state index contributed by atoms with van der Waals surface area (Å²) in [4.78, 5) is 11.1. The third-order valence-electron chi connectivity index (χ3n) is 4.46. The second kappa shape index (κ2) is 5.28. The lowest BCUT2D eigenvalue weighted by Gasteiger charge is -2.32. The van der Waals surface area contributed by atoms with Gasteiger partial charge in [0, 0.05) is 30.6 Å². The number of aromatic nitrogens is 1. The maximum Gasteiger partial charge on any atom is 0.185 e. The van der Waals surface area contributed by atoms with Crippen molar-refractivity contribution in [2.45, 2.75) is 39.2 Å². The molecule has 1 unspecified atom stereocenters. The fraction of sp³-hybridized carbons (Fsp3) is 0.800. The molecular formula is C15H26N4S. The van der Waals surface area contributed by atoms with Crippen LogP contribution in [0.25, 0.3) is 0 Å². The first-order valence-corrected chi connectivity index (χ1v) is 8.45. The van der Waals surface area contributed by atoms with E-state index in [0.29, 0.717) is 0 Å². The van der Waals surface area contributed by atoms with Gasteiger partial charge in [-0.25, -0.2) is 4.98 Å². The molecule has 1 atom stereocenters. The van der Waals surface area contributed by atoms with Crippen LogP contribution in [0.4, 0.5) is 5.13 Å². The standard InChI is InChI=1S/C15H26N4S/c1-15(2)9-11(16)13-12(10-15)17-14(20-13)19-6-4-5-18(3)7-8-19/h11H,4-10,16H2,1-3H3. The molecule has 0 bridgehead atoms. The predicted octanol–water partition coefficient (Wildman–Crippen LogP) is 2.26. The van der Waals surface area contributed by atoms with Crippen LogP contribution in [0.15, 0.2) is 0 Å². The molecule has 112 valence electrons. The monoisotopic (exact) mass is 294 g/mol. The number of rotatable bonds is 1. The molecule has 1 saturated heterocycles. The van der Waals surface area contributed by atoms with Crippen LogP contribution in [0.2, 0.25) is 0 Å². The van der Waals surface area contributed by atoms with Crippen LogP contribution in [-0.2, 0) is 6.42 Å². The summed E-state index contributed by atoms with van der Waals surface area (Å²) < 4.78 is 0. The molecule has 1 aromatic rings. The van der Waals surface area contributed by atoms with Gasteiger partial charge in [0.2, 0.25) is 0 Å². The summed E-state index contributed by atoms with van der Waals surface area (Å²) in [5, 5.41) is 1.19. The minimum Gasteiger partial charge on any atom is -0.347 e. The lowest BCUT2D eigenvalue weighted by Crippen LogP contribution is -2.29. The molecular weight excluding hydrogens is 268 g/mol. The fourth-order valence-electron chi connectivity index (χ4n) is 3.35. The first-order valence-electron chi connectivity index (χ1n) is 7.63. The van der Waals surface area contributed by atoms with E-state index in [1.54, 1.807) is 0 Å². The van der Waals surface area contributed by atoms with Crippen LogP contribution in [0.1, 0.15) is 43.3 Å². The van der Waals surface area contributed by atoms with Gasteiger partial charge in [-0.15, -0.1) is 0 Å². The first-order chi connectivity index (χ1) is 9.44. The molecule has 3 rings (SSSR count). The molecule has 0 spiro atoms. The summed E-state index contributed by atoms with van der Waals surface area (Å²) in [6.07, 6.45) is 3.36. The van der Waals surface area contributed by atoms with Crippen molar-refractivity contribution in [1.29, 1.82) is 0 Å². The van der Waals surface area contributed by atoms with E-state index in [0.717, 1.165) is 32.5 Å². The minimum atomic E-state index is 0.176. The highest BCUT2D eigenvalue weighted by Gasteiger charge is 2.34. The van der Waals surface area contributed by atoms with Crippen molar-refractivity contribution in [3.05, 3.63) is 10.6 Å². The van der Waals surface area contributed by atoms with Gasteiger partial charge in [0.05, 0.1) is 5.69 Å². The van der Waals surface area contributed by atoms with E-state index in [-0.39, 0.29) is 11.5 Å². The van der Waals surface area contributed by atoms with Crippen molar-refractivity contribution in [3.8, 4) is 0 Å². The summed E-state index contributed by atoms with van der Waals surface area (Å²) in [5.74, 6) is 0. The Kier molecular flexibility index (Phi) is 3.77. The number of nitrogens with zero attached hydrogens (tertiary/aromatic N) is 3. The van der Waals surface area contributed by atoms with E-state index in [1.165, 1.54) is 28.7 Å². The van der Waals surface area contributed by atoms with Gasteiger partial charge in [-0.1, -0.05) is 25.2 Å². The first kappa shape index (κ1) is 14.3. The van der Waals surface area contributed by atoms with Gasteiger partial charge in [0.15, 0.2) is 5.13 Å². The van der Waals surface area contributed by atoms with Gasteiger partial charge in [-0.05, 0) is 38.3 Å². The Morgan fingerprint density at radius 2 is 2.05 bits per heavy atom. The smallest absolute Gasteiger partial charge is 0.185 e. The van der Waals surface area contributed by atoms with Gasteiger partial charge in [0.1, 0.15) is 0 Å². The lowest BCUT2D eigenvalue weighted by atomic mass is 9.77. The van der Waals surface area contributed by atoms with Crippen molar-refractivity contribution in [3.63, 3.8) is 0 Å². The number of anilines is 1. The Morgan fingerprint density at radius 3 is 2.85 bits per heavy atom. The summed E-state index contributed by atoms with van der Waals surface area (Å²) in [5.41, 5.74) is 7.91. The number of likely N-dealkylation sites (N-methyl/N-ethyl adjacent to an activating group) is 1. The SMILES string of the molecule is CN1CCCN(c2nc3c(s2)C(N)CC(C)(C)C3)CC1. The molecule has 0 saturated carbocycles. The number of nitrogens with two attached hydrogens (primary N) is 1. The second-order valence-corrected chi connectivity index (χ2v) is 8.11. The Bertz CT molecular complexity index is 482. The molecule has 2 aliphatic rings.